The number of benzene rings is 1. The normalized spacial score (nSPS) is 11.1. The molecule has 1 aromatic heterocycles. The number of nitrogens with one attached hydrogen (secondary N) is 1. The molecule has 1 aromatic carbocycles. The smallest absolute Gasteiger partial charge is 0.263 e. The first-order chi connectivity index (χ1) is 9.42. The fraction of sp³-hybridized carbons (Fsp3) is 0.0833. The maximum absolute atomic E-state index is 12.2. The summed E-state index contributed by atoms with van der Waals surface area (Å²) in [5.74, 6) is 0.492. The molecule has 0 unspecified atom stereocenters. The monoisotopic (exact) mass is 357 g/mol. The number of anilines is 2. The van der Waals surface area contributed by atoms with Gasteiger partial charge < -0.3 is 10.5 Å². The maximum atomic E-state index is 12.2. The molecule has 0 aliphatic carbocycles. The minimum absolute atomic E-state index is 0.0128. The summed E-state index contributed by atoms with van der Waals surface area (Å²) in [6.45, 7) is 0. The molecule has 2 rings (SSSR count). The molecule has 0 atom stereocenters. The first-order valence-corrected chi connectivity index (χ1v) is 7.78. The highest BCUT2D eigenvalue weighted by molar-refractivity contribution is 9.10. The number of hydrogen-bond donors (Lipinski definition) is 2. The van der Waals surface area contributed by atoms with Crippen molar-refractivity contribution < 1.29 is 13.2 Å². The van der Waals surface area contributed by atoms with Gasteiger partial charge in [-0.25, -0.2) is 13.4 Å². The van der Waals surface area contributed by atoms with Gasteiger partial charge in [-0.3, -0.25) is 4.72 Å². The van der Waals surface area contributed by atoms with Gasteiger partial charge in [0.2, 0.25) is 0 Å². The Balaban J connectivity index is 2.33. The fourth-order valence-corrected chi connectivity index (χ4v) is 2.94. The van der Waals surface area contributed by atoms with Crippen LogP contribution in [-0.4, -0.2) is 20.5 Å². The number of sulfonamides is 1. The van der Waals surface area contributed by atoms with Crippen molar-refractivity contribution in [1.29, 1.82) is 0 Å². The zero-order valence-electron chi connectivity index (χ0n) is 10.5. The molecular weight excluding hydrogens is 346 g/mol. The van der Waals surface area contributed by atoms with E-state index in [2.05, 4.69) is 25.6 Å². The third kappa shape index (κ3) is 3.20. The van der Waals surface area contributed by atoms with Crippen LogP contribution in [0.15, 0.2) is 46.0 Å². The van der Waals surface area contributed by atoms with E-state index in [1.54, 1.807) is 12.1 Å². The summed E-state index contributed by atoms with van der Waals surface area (Å²) in [7, 11) is -2.29. The molecule has 8 heteroatoms. The average Bonchev–Trinajstić information content (AvgIpc) is 2.40. The van der Waals surface area contributed by atoms with Gasteiger partial charge in [0.1, 0.15) is 15.2 Å². The highest BCUT2D eigenvalue weighted by atomic mass is 79.9. The molecule has 0 fully saturated rings. The number of halogens is 1. The van der Waals surface area contributed by atoms with E-state index in [4.69, 9.17) is 10.5 Å². The second-order valence-corrected chi connectivity index (χ2v) is 6.34. The number of nitrogen functional groups attached to an aromatic ring is 1. The van der Waals surface area contributed by atoms with Crippen LogP contribution >= 0.6 is 15.9 Å². The predicted octanol–water partition coefficient (Wildman–Crippen LogP) is 2.24. The van der Waals surface area contributed by atoms with Crippen LogP contribution in [-0.2, 0) is 10.0 Å². The van der Waals surface area contributed by atoms with Crippen LogP contribution in [0.2, 0.25) is 0 Å². The maximum Gasteiger partial charge on any atom is 0.263 e. The van der Waals surface area contributed by atoms with Gasteiger partial charge in [-0.1, -0.05) is 0 Å². The number of rotatable bonds is 4. The number of aromatic nitrogens is 1. The molecule has 0 aliphatic rings. The molecule has 0 saturated heterocycles. The Morgan fingerprint density at radius 1 is 1.30 bits per heavy atom. The van der Waals surface area contributed by atoms with E-state index in [-0.39, 0.29) is 10.6 Å². The van der Waals surface area contributed by atoms with Gasteiger partial charge in [0.15, 0.2) is 0 Å². The van der Waals surface area contributed by atoms with Crippen molar-refractivity contribution in [3.05, 3.63) is 41.1 Å². The minimum atomic E-state index is -3.77. The SMILES string of the molecule is COc1ccc(S(=O)(=O)Nc2ccc(Br)nc2)c(N)c1. The molecule has 2 aromatic rings. The standard InChI is InChI=1S/C12H12BrN3O3S/c1-19-9-3-4-11(10(14)6-9)20(17,18)16-8-2-5-12(13)15-7-8/h2-7,16H,14H2,1H3. The summed E-state index contributed by atoms with van der Waals surface area (Å²) in [4.78, 5) is 3.93. The van der Waals surface area contributed by atoms with Crippen LogP contribution in [0.5, 0.6) is 5.75 Å². The third-order valence-corrected chi connectivity index (χ3v) is 4.41. The molecule has 106 valence electrons. The molecule has 0 amide bonds. The Kier molecular flexibility index (Phi) is 4.15. The lowest BCUT2D eigenvalue weighted by molar-refractivity contribution is 0.414. The Hall–Kier alpha value is -1.80. The lowest BCUT2D eigenvalue weighted by Crippen LogP contribution is -2.15. The summed E-state index contributed by atoms with van der Waals surface area (Å²) >= 11 is 3.18. The fourth-order valence-electron chi connectivity index (χ4n) is 1.54. The number of ether oxygens (including phenoxy) is 1. The van der Waals surface area contributed by atoms with Crippen LogP contribution < -0.4 is 15.2 Å². The summed E-state index contributed by atoms with van der Waals surface area (Å²) in [6, 6.07) is 7.60. The lowest BCUT2D eigenvalue weighted by atomic mass is 10.3. The predicted molar refractivity (Wildman–Crippen MR) is 80.2 cm³/mol. The van der Waals surface area contributed by atoms with Gasteiger partial charge in [-0.2, -0.15) is 0 Å². The molecule has 20 heavy (non-hydrogen) atoms. The van der Waals surface area contributed by atoms with E-state index in [9.17, 15) is 8.42 Å². The second kappa shape index (κ2) is 5.68. The van der Waals surface area contributed by atoms with Crippen molar-refractivity contribution in [3.8, 4) is 5.75 Å². The van der Waals surface area contributed by atoms with Crippen LogP contribution in [0.4, 0.5) is 11.4 Å². The summed E-state index contributed by atoms with van der Waals surface area (Å²) in [5, 5.41) is 0. The molecule has 3 N–H and O–H groups in total. The van der Waals surface area contributed by atoms with E-state index in [1.165, 1.54) is 31.5 Å². The first-order valence-electron chi connectivity index (χ1n) is 5.50. The lowest BCUT2D eigenvalue weighted by Gasteiger charge is -2.11. The molecule has 6 nitrogen and oxygen atoms in total. The Labute approximate surface area is 125 Å². The summed E-state index contributed by atoms with van der Waals surface area (Å²) in [6.07, 6.45) is 1.40. The number of pyridine rings is 1. The van der Waals surface area contributed by atoms with Crippen molar-refractivity contribution in [1.82, 2.24) is 4.98 Å². The summed E-state index contributed by atoms with van der Waals surface area (Å²) in [5.41, 5.74) is 6.20. The highest BCUT2D eigenvalue weighted by Gasteiger charge is 2.18. The van der Waals surface area contributed by atoms with E-state index in [1.807, 2.05) is 0 Å². The number of hydrogen-bond acceptors (Lipinski definition) is 5. The van der Waals surface area contributed by atoms with E-state index in [0.29, 0.717) is 16.0 Å². The van der Waals surface area contributed by atoms with Crippen molar-refractivity contribution in [2.24, 2.45) is 0 Å². The topological polar surface area (TPSA) is 94.3 Å². The Morgan fingerprint density at radius 2 is 2.05 bits per heavy atom. The zero-order valence-corrected chi connectivity index (χ0v) is 12.9. The molecule has 0 aliphatic heterocycles. The largest absolute Gasteiger partial charge is 0.497 e. The quantitative estimate of drug-likeness (QED) is 0.646. The van der Waals surface area contributed by atoms with Crippen LogP contribution in [0.25, 0.3) is 0 Å². The van der Waals surface area contributed by atoms with Crippen LogP contribution in [0.1, 0.15) is 0 Å². The van der Waals surface area contributed by atoms with Crippen LogP contribution in [0, 0.1) is 0 Å². The molecule has 0 saturated carbocycles. The number of nitrogens with zero attached hydrogens (tertiary/aromatic N) is 1. The molecule has 0 bridgehead atoms. The average molecular weight is 358 g/mol. The number of nitrogens with two attached hydrogens (primary N) is 1. The Morgan fingerprint density at radius 3 is 2.60 bits per heavy atom. The molecule has 1 heterocycles. The van der Waals surface area contributed by atoms with E-state index in [0.717, 1.165) is 0 Å². The first kappa shape index (κ1) is 14.6. The van der Waals surface area contributed by atoms with E-state index < -0.39 is 10.0 Å². The second-order valence-electron chi connectivity index (χ2n) is 3.88. The van der Waals surface area contributed by atoms with Gasteiger partial charge >= 0.3 is 0 Å². The van der Waals surface area contributed by atoms with Crippen molar-refractivity contribution in [2.75, 3.05) is 17.6 Å². The molecule has 0 spiro atoms. The van der Waals surface area contributed by atoms with E-state index >= 15 is 0 Å². The van der Waals surface area contributed by atoms with Gasteiger partial charge in [-0.05, 0) is 40.2 Å². The van der Waals surface area contributed by atoms with Gasteiger partial charge in [0.05, 0.1) is 24.7 Å². The number of methoxy groups -OCH3 is 1. The third-order valence-electron chi connectivity index (χ3n) is 2.49. The van der Waals surface area contributed by atoms with Gasteiger partial charge in [0.25, 0.3) is 10.0 Å². The Bertz CT molecular complexity index is 717. The van der Waals surface area contributed by atoms with Crippen molar-refractivity contribution in [3.63, 3.8) is 0 Å². The van der Waals surface area contributed by atoms with Gasteiger partial charge in [-0.15, -0.1) is 0 Å². The molecular formula is C12H12BrN3O3S. The minimum Gasteiger partial charge on any atom is -0.497 e. The molecule has 0 radical (unpaired) electrons. The van der Waals surface area contributed by atoms with Crippen molar-refractivity contribution in [2.45, 2.75) is 4.90 Å². The summed E-state index contributed by atoms with van der Waals surface area (Å²) < 4.78 is 32.5. The highest BCUT2D eigenvalue weighted by Crippen LogP contribution is 2.25. The zero-order chi connectivity index (χ0) is 14.8. The van der Waals surface area contributed by atoms with Gasteiger partial charge in [0, 0.05) is 6.07 Å². The van der Waals surface area contributed by atoms with Crippen molar-refractivity contribution >= 4 is 37.3 Å². The van der Waals surface area contributed by atoms with Crippen LogP contribution in [0.3, 0.4) is 0 Å².